The van der Waals surface area contributed by atoms with Crippen LogP contribution >= 0.6 is 0 Å². The molecule has 2 fully saturated rings. The van der Waals surface area contributed by atoms with Gasteiger partial charge in [-0.2, -0.15) is 0 Å². The number of rotatable bonds is 2. The Morgan fingerprint density at radius 3 is 1.57 bits per heavy atom. The molecule has 160 valence electrons. The van der Waals surface area contributed by atoms with Gasteiger partial charge in [-0.05, 0) is 85.3 Å². The number of hydrogen-bond donors (Lipinski definition) is 2. The first-order valence-electron chi connectivity index (χ1n) is 11.0. The maximum atomic E-state index is 13.0. The monoisotopic (exact) mass is 414 g/mol. The van der Waals surface area contributed by atoms with E-state index in [9.17, 15) is 8.78 Å². The smallest absolute Gasteiger partial charge is 0.123 e. The minimum Gasteiger partial charge on any atom is -0.367 e. The molecule has 0 bridgehead atoms. The minimum absolute atomic E-state index is 0.128. The summed E-state index contributed by atoms with van der Waals surface area (Å²) in [6.07, 6.45) is 4.98. The molecule has 0 spiro atoms. The number of fused-ring (bicyclic) bond motifs is 2. The molecule has 0 aliphatic carbocycles. The van der Waals surface area contributed by atoms with E-state index in [0.29, 0.717) is 25.3 Å². The molecule has 0 saturated carbocycles. The first kappa shape index (κ1) is 20.1. The molecule has 4 nitrogen and oxygen atoms in total. The highest BCUT2D eigenvalue weighted by atomic mass is 19.1. The van der Waals surface area contributed by atoms with Gasteiger partial charge in [0.15, 0.2) is 0 Å². The number of hydrogen-bond acceptors (Lipinski definition) is 4. The predicted octanol–water partition coefficient (Wildman–Crippen LogP) is 4.30. The van der Waals surface area contributed by atoms with E-state index in [-0.39, 0.29) is 23.8 Å². The van der Waals surface area contributed by atoms with Crippen LogP contribution in [0.2, 0.25) is 0 Å². The van der Waals surface area contributed by atoms with Gasteiger partial charge >= 0.3 is 0 Å². The molecule has 4 heterocycles. The fourth-order valence-corrected chi connectivity index (χ4v) is 5.10. The van der Waals surface area contributed by atoms with Crippen LogP contribution in [0.15, 0.2) is 36.4 Å². The number of nitrogens with one attached hydrogen (secondary N) is 2. The molecule has 2 aromatic rings. The van der Waals surface area contributed by atoms with Gasteiger partial charge in [0.25, 0.3) is 0 Å². The van der Waals surface area contributed by atoms with Gasteiger partial charge in [0.2, 0.25) is 0 Å². The normalized spacial score (nSPS) is 29.4. The molecule has 0 unspecified atom stereocenters. The zero-order chi connectivity index (χ0) is 20.5. The van der Waals surface area contributed by atoms with Gasteiger partial charge in [0.1, 0.15) is 11.6 Å². The summed E-state index contributed by atoms with van der Waals surface area (Å²) < 4.78 is 37.5. The van der Waals surface area contributed by atoms with E-state index < -0.39 is 0 Å². The lowest BCUT2D eigenvalue weighted by atomic mass is 9.99. The van der Waals surface area contributed by atoms with Gasteiger partial charge in [-0.1, -0.05) is 12.1 Å². The molecule has 0 amide bonds. The van der Waals surface area contributed by atoms with Crippen LogP contribution in [0.4, 0.5) is 8.78 Å². The second-order valence-electron chi connectivity index (χ2n) is 8.56. The molecule has 30 heavy (non-hydrogen) atoms. The number of ether oxygens (including phenoxy) is 2. The minimum atomic E-state index is -0.169. The first-order chi connectivity index (χ1) is 14.7. The summed E-state index contributed by atoms with van der Waals surface area (Å²) in [5.74, 6) is -0.338. The highest BCUT2D eigenvalue weighted by Gasteiger charge is 2.33. The average molecular weight is 414 g/mol. The van der Waals surface area contributed by atoms with E-state index in [0.717, 1.165) is 48.2 Å². The highest BCUT2D eigenvalue weighted by molar-refractivity contribution is 5.34. The fraction of sp³-hybridized carbons (Fsp3) is 0.500. The Kier molecular flexibility index (Phi) is 5.83. The zero-order valence-corrected chi connectivity index (χ0v) is 17.0. The van der Waals surface area contributed by atoms with Gasteiger partial charge in [-0.25, -0.2) is 8.78 Å². The molecule has 0 aromatic heterocycles. The third kappa shape index (κ3) is 4.02. The van der Waals surface area contributed by atoms with Gasteiger partial charge < -0.3 is 20.1 Å². The van der Waals surface area contributed by atoms with E-state index in [1.54, 1.807) is 12.1 Å². The Morgan fingerprint density at radius 1 is 0.700 bits per heavy atom. The average Bonchev–Trinajstić information content (AvgIpc) is 3.52. The van der Waals surface area contributed by atoms with Crippen molar-refractivity contribution < 1.29 is 18.3 Å². The molecule has 4 aliphatic rings. The van der Waals surface area contributed by atoms with Crippen LogP contribution in [-0.4, -0.2) is 25.2 Å². The number of benzene rings is 2. The van der Waals surface area contributed by atoms with Crippen LogP contribution in [0, 0.1) is 11.6 Å². The lowest BCUT2D eigenvalue weighted by Crippen LogP contribution is -2.28. The lowest BCUT2D eigenvalue weighted by Gasteiger charge is -2.18. The van der Waals surface area contributed by atoms with Crippen molar-refractivity contribution in [2.24, 2.45) is 0 Å². The van der Waals surface area contributed by atoms with Crippen LogP contribution in [0.5, 0.6) is 0 Å². The van der Waals surface area contributed by atoms with Gasteiger partial charge in [0.05, 0.1) is 25.4 Å². The van der Waals surface area contributed by atoms with E-state index >= 15 is 0 Å². The molecular weight excluding hydrogens is 386 g/mol. The second-order valence-corrected chi connectivity index (χ2v) is 8.56. The predicted molar refractivity (Wildman–Crippen MR) is 110 cm³/mol. The fourth-order valence-electron chi connectivity index (χ4n) is 5.10. The summed E-state index contributed by atoms with van der Waals surface area (Å²) >= 11 is 0. The SMILES string of the molecule is Fc1ccc2c(c1)CO[C@@H]2[C@H]1CCCN1.Fc1ccc2c(c1)CO[C@H]2[C@H]1CCCN1. The first-order valence-corrected chi connectivity index (χ1v) is 11.0. The van der Waals surface area contributed by atoms with Crippen molar-refractivity contribution in [2.75, 3.05) is 13.1 Å². The Labute approximate surface area is 176 Å². The third-order valence-electron chi connectivity index (χ3n) is 6.59. The molecule has 4 aliphatic heterocycles. The molecule has 6 heteroatoms. The summed E-state index contributed by atoms with van der Waals surface area (Å²) in [6, 6.07) is 10.8. The van der Waals surface area contributed by atoms with Crippen molar-refractivity contribution in [3.05, 3.63) is 70.3 Å². The summed E-state index contributed by atoms with van der Waals surface area (Å²) in [7, 11) is 0. The summed E-state index contributed by atoms with van der Waals surface area (Å²) in [4.78, 5) is 0. The molecule has 2 saturated heterocycles. The van der Waals surface area contributed by atoms with Crippen LogP contribution in [0.25, 0.3) is 0 Å². The van der Waals surface area contributed by atoms with E-state index in [1.807, 2.05) is 12.1 Å². The zero-order valence-electron chi connectivity index (χ0n) is 17.0. The maximum absolute atomic E-state index is 13.0. The molecule has 6 rings (SSSR count). The second kappa shape index (κ2) is 8.71. The number of halogens is 2. The molecule has 0 radical (unpaired) electrons. The van der Waals surface area contributed by atoms with Crippen LogP contribution in [0.1, 0.15) is 60.1 Å². The Balaban J connectivity index is 0.000000128. The summed E-state index contributed by atoms with van der Waals surface area (Å²) in [6.45, 7) is 3.24. The molecule has 2 aromatic carbocycles. The van der Waals surface area contributed by atoms with Crippen LogP contribution < -0.4 is 10.6 Å². The van der Waals surface area contributed by atoms with Gasteiger partial charge in [-0.3, -0.25) is 0 Å². The van der Waals surface area contributed by atoms with Crippen molar-refractivity contribution >= 4 is 0 Å². The van der Waals surface area contributed by atoms with Crippen LogP contribution in [0.3, 0.4) is 0 Å². The van der Waals surface area contributed by atoms with Gasteiger partial charge in [-0.15, -0.1) is 0 Å². The van der Waals surface area contributed by atoms with Crippen molar-refractivity contribution in [2.45, 2.75) is 63.2 Å². The molecule has 4 atom stereocenters. The standard InChI is InChI=1S/2C12H14FNO/c2*13-9-3-4-10-8(6-9)7-15-12(10)11-2-1-5-14-11/h2*3-4,6,11-12,14H,1-2,5,7H2/t11-,12+;11-,12-/m11/s1. The van der Waals surface area contributed by atoms with E-state index in [1.165, 1.54) is 25.0 Å². The van der Waals surface area contributed by atoms with E-state index in [2.05, 4.69) is 10.6 Å². The van der Waals surface area contributed by atoms with Crippen molar-refractivity contribution in [3.8, 4) is 0 Å². The lowest BCUT2D eigenvalue weighted by molar-refractivity contribution is 0.0426. The van der Waals surface area contributed by atoms with E-state index in [4.69, 9.17) is 9.47 Å². The van der Waals surface area contributed by atoms with Crippen molar-refractivity contribution in [3.63, 3.8) is 0 Å². The van der Waals surface area contributed by atoms with Crippen molar-refractivity contribution in [1.82, 2.24) is 10.6 Å². The topological polar surface area (TPSA) is 42.5 Å². The largest absolute Gasteiger partial charge is 0.367 e. The maximum Gasteiger partial charge on any atom is 0.123 e. The molecular formula is C24H28F2N2O2. The van der Waals surface area contributed by atoms with Crippen LogP contribution in [-0.2, 0) is 22.7 Å². The summed E-state index contributed by atoms with van der Waals surface area (Å²) in [5.41, 5.74) is 4.34. The Bertz CT molecular complexity index is 821. The Hall–Kier alpha value is -1.86. The molecule has 2 N–H and O–H groups in total. The Morgan fingerprint density at radius 2 is 1.17 bits per heavy atom. The van der Waals surface area contributed by atoms with Gasteiger partial charge in [0, 0.05) is 12.1 Å². The third-order valence-corrected chi connectivity index (χ3v) is 6.59. The highest BCUT2D eigenvalue weighted by Crippen LogP contribution is 2.37. The summed E-state index contributed by atoms with van der Waals surface area (Å²) in [5, 5.41) is 6.87. The quantitative estimate of drug-likeness (QED) is 0.769. The van der Waals surface area contributed by atoms with Crippen molar-refractivity contribution in [1.29, 1.82) is 0 Å².